The van der Waals surface area contributed by atoms with Crippen molar-refractivity contribution >= 4 is 33.2 Å². The van der Waals surface area contributed by atoms with Gasteiger partial charge in [-0.2, -0.15) is 32.4 Å². The molecule has 0 aliphatic carbocycles. The Morgan fingerprint density at radius 2 is 1.65 bits per heavy atom. The van der Waals surface area contributed by atoms with Gasteiger partial charge in [0.15, 0.2) is 12.4 Å². The molecule has 3 heterocycles. The fourth-order valence-electron chi connectivity index (χ4n) is 4.17. The maximum absolute atomic E-state index is 13.2. The van der Waals surface area contributed by atoms with Crippen LogP contribution in [0.25, 0.3) is 11.4 Å². The first-order valence-electron chi connectivity index (χ1n) is 12.9. The number of benzene rings is 2. The number of nitrogens with one attached hydrogen (secondary N) is 1. The second kappa shape index (κ2) is 12.6. The molecule has 0 radical (unpaired) electrons. The van der Waals surface area contributed by atoms with Gasteiger partial charge in [0.2, 0.25) is 5.95 Å². The molecule has 0 atom stereocenters. The predicted molar refractivity (Wildman–Crippen MR) is 150 cm³/mol. The van der Waals surface area contributed by atoms with Crippen molar-refractivity contribution in [1.29, 1.82) is 0 Å². The lowest BCUT2D eigenvalue weighted by atomic mass is 10.1. The summed E-state index contributed by atoms with van der Waals surface area (Å²) in [5.74, 6) is -0.784. The smallest absolute Gasteiger partial charge is 0.422 e. The van der Waals surface area contributed by atoms with Gasteiger partial charge < -0.3 is 15.0 Å². The summed E-state index contributed by atoms with van der Waals surface area (Å²) in [4.78, 5) is 26.8. The molecule has 1 fully saturated rings. The summed E-state index contributed by atoms with van der Waals surface area (Å²) >= 11 is 1.14. The number of aromatic nitrogens is 3. The molecule has 2 aromatic heterocycles. The minimum atomic E-state index is -4.61. The van der Waals surface area contributed by atoms with Gasteiger partial charge in [0.05, 0.1) is 0 Å². The largest absolute Gasteiger partial charge is 0.454 e. The number of carbonyl (C=O) groups excluding carboxylic acids is 1. The number of anilines is 1. The summed E-state index contributed by atoms with van der Waals surface area (Å²) in [5.41, 5.74) is 1.39. The highest BCUT2D eigenvalue weighted by Gasteiger charge is 2.31. The molecule has 1 N–H and O–H groups in total. The van der Waals surface area contributed by atoms with Crippen LogP contribution >= 0.6 is 11.3 Å². The minimum Gasteiger partial charge on any atom is -0.454 e. The minimum absolute atomic E-state index is 0.000164. The monoisotopic (exact) mass is 636 g/mol. The standard InChI is InChI=1S/C27H24F4N6O4S2/c28-21-9-3-18(4-10-21)16-32-25-33-23(34-26(35-25)41-17-27(29,30)31)19-5-7-20(8-6-19)24(38)36-11-13-37(14-12-36)43(39,40)22-2-1-15-42-22/h1-10,15H,11-14,16-17H2,(H,32,33,34,35). The molecular formula is C27H24F4N6O4S2. The van der Waals surface area contributed by atoms with Crippen molar-refractivity contribution < 1.29 is 35.5 Å². The van der Waals surface area contributed by atoms with Crippen LogP contribution < -0.4 is 10.1 Å². The van der Waals surface area contributed by atoms with Crippen molar-refractivity contribution in [1.82, 2.24) is 24.2 Å². The van der Waals surface area contributed by atoms with E-state index in [2.05, 4.69) is 20.3 Å². The van der Waals surface area contributed by atoms with Crippen LogP contribution in [0.15, 0.2) is 70.3 Å². The number of amides is 1. The summed E-state index contributed by atoms with van der Waals surface area (Å²) < 4.78 is 83.4. The SMILES string of the molecule is O=C(c1ccc(-c2nc(NCc3ccc(F)cc3)nc(OCC(F)(F)F)n2)cc1)N1CCN(S(=O)(=O)c2cccs2)CC1. The first-order valence-corrected chi connectivity index (χ1v) is 15.2. The molecule has 1 saturated heterocycles. The summed E-state index contributed by atoms with van der Waals surface area (Å²) in [6, 6.07) is 14.4. The van der Waals surface area contributed by atoms with Crippen molar-refractivity contribution in [2.45, 2.75) is 16.9 Å². The van der Waals surface area contributed by atoms with Crippen LogP contribution in [-0.2, 0) is 16.6 Å². The fourth-order valence-corrected chi connectivity index (χ4v) is 6.74. The van der Waals surface area contributed by atoms with Gasteiger partial charge in [-0.05, 0) is 41.3 Å². The average Bonchev–Trinajstić information content (AvgIpc) is 3.56. The number of hydrogen-bond acceptors (Lipinski definition) is 9. The highest BCUT2D eigenvalue weighted by Crippen LogP contribution is 2.24. The molecule has 0 unspecified atom stereocenters. The summed E-state index contributed by atoms with van der Waals surface area (Å²) in [6.45, 7) is -0.725. The highest BCUT2D eigenvalue weighted by molar-refractivity contribution is 7.91. The van der Waals surface area contributed by atoms with Gasteiger partial charge in [-0.25, -0.2) is 12.8 Å². The van der Waals surface area contributed by atoms with Crippen LogP contribution in [0.5, 0.6) is 6.01 Å². The average molecular weight is 637 g/mol. The van der Waals surface area contributed by atoms with E-state index in [4.69, 9.17) is 4.74 Å². The normalized spacial score (nSPS) is 14.5. The molecule has 5 rings (SSSR count). The number of sulfonamides is 1. The Bertz CT molecular complexity index is 1660. The van der Waals surface area contributed by atoms with Crippen LogP contribution in [-0.4, -0.2) is 77.4 Å². The lowest BCUT2D eigenvalue weighted by Gasteiger charge is -2.33. The van der Waals surface area contributed by atoms with Gasteiger partial charge in [-0.3, -0.25) is 4.79 Å². The maximum atomic E-state index is 13.2. The lowest BCUT2D eigenvalue weighted by Crippen LogP contribution is -2.50. The van der Waals surface area contributed by atoms with Crippen molar-refractivity contribution in [3.8, 4) is 17.4 Å². The van der Waals surface area contributed by atoms with E-state index in [1.807, 2.05) is 0 Å². The number of piperazine rings is 1. The van der Waals surface area contributed by atoms with Crippen molar-refractivity contribution in [3.05, 3.63) is 83.0 Å². The molecule has 0 spiro atoms. The van der Waals surface area contributed by atoms with Gasteiger partial charge in [0.25, 0.3) is 15.9 Å². The maximum Gasteiger partial charge on any atom is 0.422 e. The third-order valence-electron chi connectivity index (χ3n) is 6.35. The number of alkyl halides is 3. The fraction of sp³-hybridized carbons (Fsp3) is 0.259. The Balaban J connectivity index is 1.28. The third kappa shape index (κ3) is 7.63. The summed E-state index contributed by atoms with van der Waals surface area (Å²) in [7, 11) is -3.61. The van der Waals surface area contributed by atoms with Gasteiger partial charge in [-0.1, -0.05) is 30.3 Å². The molecule has 1 aliphatic heterocycles. The highest BCUT2D eigenvalue weighted by atomic mass is 32.2. The van der Waals surface area contributed by atoms with Gasteiger partial charge in [-0.15, -0.1) is 11.3 Å². The molecule has 10 nitrogen and oxygen atoms in total. The van der Waals surface area contributed by atoms with Crippen molar-refractivity contribution in [2.24, 2.45) is 0 Å². The molecule has 1 aliphatic rings. The number of carbonyl (C=O) groups is 1. The molecule has 226 valence electrons. The van der Waals surface area contributed by atoms with E-state index in [0.717, 1.165) is 11.3 Å². The van der Waals surface area contributed by atoms with Gasteiger partial charge in [0.1, 0.15) is 10.0 Å². The Morgan fingerprint density at radius 3 is 2.28 bits per heavy atom. The molecule has 0 bridgehead atoms. The second-order valence-electron chi connectivity index (χ2n) is 9.35. The van der Waals surface area contributed by atoms with Crippen LogP contribution in [0.3, 0.4) is 0 Å². The van der Waals surface area contributed by atoms with Gasteiger partial charge in [0, 0.05) is 43.9 Å². The zero-order valence-corrected chi connectivity index (χ0v) is 23.9. The number of halogens is 4. The molecular weight excluding hydrogens is 612 g/mol. The van der Waals surface area contributed by atoms with E-state index in [0.29, 0.717) is 16.7 Å². The van der Waals surface area contributed by atoms with E-state index in [9.17, 15) is 30.8 Å². The molecule has 16 heteroatoms. The second-order valence-corrected chi connectivity index (χ2v) is 12.5. The number of thiophene rings is 1. The van der Waals surface area contributed by atoms with Crippen molar-refractivity contribution in [3.63, 3.8) is 0 Å². The van der Waals surface area contributed by atoms with E-state index in [1.165, 1.54) is 52.8 Å². The topological polar surface area (TPSA) is 118 Å². The first-order chi connectivity index (χ1) is 20.5. The molecule has 43 heavy (non-hydrogen) atoms. The zero-order valence-electron chi connectivity index (χ0n) is 22.3. The van der Waals surface area contributed by atoms with Crippen LogP contribution in [0, 0.1) is 5.82 Å². The van der Waals surface area contributed by atoms with E-state index >= 15 is 0 Å². The number of hydrogen-bond donors (Lipinski definition) is 1. The Hall–Kier alpha value is -4.15. The van der Waals surface area contributed by atoms with Crippen LogP contribution in [0.2, 0.25) is 0 Å². The van der Waals surface area contributed by atoms with E-state index < -0.39 is 34.6 Å². The number of rotatable bonds is 9. The zero-order chi connectivity index (χ0) is 30.6. The molecule has 2 aromatic carbocycles. The number of nitrogens with zero attached hydrogens (tertiary/aromatic N) is 5. The first kappa shape index (κ1) is 30.3. The Kier molecular flexibility index (Phi) is 8.89. The Labute approximate surface area is 248 Å². The summed E-state index contributed by atoms with van der Waals surface area (Å²) in [5, 5.41) is 4.56. The molecule has 4 aromatic rings. The Morgan fingerprint density at radius 1 is 0.953 bits per heavy atom. The third-order valence-corrected chi connectivity index (χ3v) is 9.62. The number of ether oxygens (including phenoxy) is 1. The molecule has 1 amide bonds. The summed E-state index contributed by atoms with van der Waals surface area (Å²) in [6.07, 6.45) is -4.61. The predicted octanol–water partition coefficient (Wildman–Crippen LogP) is 4.44. The van der Waals surface area contributed by atoms with Crippen LogP contribution in [0.1, 0.15) is 15.9 Å². The van der Waals surface area contributed by atoms with E-state index in [1.54, 1.807) is 22.4 Å². The quantitative estimate of drug-likeness (QED) is 0.268. The lowest BCUT2D eigenvalue weighted by molar-refractivity contribution is -0.154. The van der Waals surface area contributed by atoms with E-state index in [-0.39, 0.29) is 54.6 Å². The van der Waals surface area contributed by atoms with Crippen molar-refractivity contribution in [2.75, 3.05) is 38.1 Å². The van der Waals surface area contributed by atoms with Crippen LogP contribution in [0.4, 0.5) is 23.5 Å². The van der Waals surface area contributed by atoms with Gasteiger partial charge >= 0.3 is 12.2 Å². The molecule has 0 saturated carbocycles.